The highest BCUT2D eigenvalue weighted by molar-refractivity contribution is 8.12. The Labute approximate surface area is 153 Å². The van der Waals surface area contributed by atoms with Gasteiger partial charge in [0.1, 0.15) is 0 Å². The molecule has 4 amide bonds. The number of anilines is 3. The molecule has 136 valence electrons. The molecule has 0 aliphatic rings. The van der Waals surface area contributed by atoms with Crippen molar-refractivity contribution in [3.05, 3.63) is 54.6 Å². The first-order valence-electron chi connectivity index (χ1n) is 7.22. The summed E-state index contributed by atoms with van der Waals surface area (Å²) in [5.41, 5.74) is 8.40. The van der Waals surface area contributed by atoms with Gasteiger partial charge < -0.3 is 5.32 Å². The van der Waals surface area contributed by atoms with E-state index in [1.165, 1.54) is 12.1 Å². The molecule has 0 unspecified atom stereocenters. The molecule has 0 radical (unpaired) electrons. The fraction of sp³-hybridized carbons (Fsp3) is 0. The van der Waals surface area contributed by atoms with Crippen LogP contribution in [0.3, 0.4) is 0 Å². The molecule has 2 aromatic rings. The van der Waals surface area contributed by atoms with E-state index in [2.05, 4.69) is 26.3 Å². The van der Waals surface area contributed by atoms with E-state index in [1.807, 2.05) is 6.07 Å². The number of hydrogen-bond acceptors (Lipinski definition) is 7. The summed E-state index contributed by atoms with van der Waals surface area (Å²) < 4.78 is 2.23. The molecular formula is C15H16N6O4S. The predicted molar refractivity (Wildman–Crippen MR) is 98.2 cm³/mol. The first-order valence-corrected chi connectivity index (χ1v) is 8.04. The van der Waals surface area contributed by atoms with Crippen LogP contribution < -0.4 is 31.5 Å². The summed E-state index contributed by atoms with van der Waals surface area (Å²) in [6.07, 6.45) is 0.476. The van der Waals surface area contributed by atoms with Crippen LogP contribution in [0, 0.1) is 0 Å². The second kappa shape index (κ2) is 9.76. The topological polar surface area (TPSA) is 135 Å². The molecule has 2 aromatic carbocycles. The maximum atomic E-state index is 11.7. The standard InChI is InChI=1S/C15H16N6O4S/c22-10-16-18-12-6-8-13(9-7-12)21(25)19-14(23)20-26-15(24)17-11-4-2-1-3-5-11/h1-10,18,25H,(H,16,22)(H,17,24)(H2,19,20,23). The van der Waals surface area contributed by atoms with Gasteiger partial charge in [0, 0.05) is 5.69 Å². The van der Waals surface area contributed by atoms with Crippen molar-refractivity contribution in [1.29, 1.82) is 0 Å². The molecule has 0 saturated heterocycles. The van der Waals surface area contributed by atoms with E-state index in [4.69, 9.17) is 0 Å². The molecule has 0 saturated carbocycles. The predicted octanol–water partition coefficient (Wildman–Crippen LogP) is 2.05. The van der Waals surface area contributed by atoms with Gasteiger partial charge in [-0.2, -0.15) is 5.17 Å². The molecule has 10 nitrogen and oxygen atoms in total. The van der Waals surface area contributed by atoms with Gasteiger partial charge in [-0.05, 0) is 36.4 Å². The molecule has 0 aliphatic carbocycles. The van der Waals surface area contributed by atoms with Gasteiger partial charge in [-0.3, -0.25) is 30.4 Å². The van der Waals surface area contributed by atoms with E-state index < -0.39 is 11.3 Å². The SMILES string of the molecule is O=CNNc1ccc(N(O)NC(=O)NSC(=O)Nc2ccccc2)cc1. The Morgan fingerprint density at radius 3 is 2.35 bits per heavy atom. The number of carbonyl (C=O) groups excluding carboxylic acids is 3. The van der Waals surface area contributed by atoms with Crippen LogP contribution >= 0.6 is 11.9 Å². The first kappa shape index (κ1) is 18.9. The molecule has 0 aromatic heterocycles. The summed E-state index contributed by atoms with van der Waals surface area (Å²) >= 11 is 0.527. The summed E-state index contributed by atoms with van der Waals surface area (Å²) in [5, 5.41) is 12.4. The van der Waals surface area contributed by atoms with Crippen LogP contribution in [-0.4, -0.2) is 22.9 Å². The molecule has 26 heavy (non-hydrogen) atoms. The van der Waals surface area contributed by atoms with Crippen LogP contribution in [0.1, 0.15) is 0 Å². The van der Waals surface area contributed by atoms with Gasteiger partial charge in [-0.15, -0.1) is 0 Å². The Kier molecular flexibility index (Phi) is 7.09. The second-order valence-corrected chi connectivity index (χ2v) is 5.45. The fourth-order valence-corrected chi connectivity index (χ4v) is 2.14. The Morgan fingerprint density at radius 1 is 1.00 bits per heavy atom. The van der Waals surface area contributed by atoms with Gasteiger partial charge in [-0.1, -0.05) is 18.2 Å². The van der Waals surface area contributed by atoms with E-state index in [0.29, 0.717) is 34.9 Å². The summed E-state index contributed by atoms with van der Waals surface area (Å²) in [6.45, 7) is 0. The molecule has 2 rings (SSSR count). The minimum Gasteiger partial charge on any atom is -0.315 e. The van der Waals surface area contributed by atoms with E-state index >= 15 is 0 Å². The number of hydrogen-bond donors (Lipinski definition) is 6. The molecule has 0 bridgehead atoms. The lowest BCUT2D eigenvalue weighted by molar-refractivity contribution is -0.109. The van der Waals surface area contributed by atoms with Crippen LogP contribution in [0.4, 0.5) is 26.7 Å². The minimum atomic E-state index is -0.800. The number of rotatable bonds is 6. The minimum absolute atomic E-state index is 0.260. The van der Waals surface area contributed by atoms with Gasteiger partial charge in [0.25, 0.3) is 0 Å². The van der Waals surface area contributed by atoms with Gasteiger partial charge in [0.2, 0.25) is 6.41 Å². The summed E-state index contributed by atoms with van der Waals surface area (Å²) in [7, 11) is 0. The zero-order valence-corrected chi connectivity index (χ0v) is 14.1. The summed E-state index contributed by atoms with van der Waals surface area (Å²) in [6, 6.07) is 14.1. The maximum absolute atomic E-state index is 11.7. The largest absolute Gasteiger partial charge is 0.345 e. The number of benzene rings is 2. The Morgan fingerprint density at radius 2 is 1.69 bits per heavy atom. The van der Waals surface area contributed by atoms with Crippen molar-refractivity contribution in [2.45, 2.75) is 0 Å². The molecule has 0 aliphatic heterocycles. The van der Waals surface area contributed by atoms with E-state index in [9.17, 15) is 19.6 Å². The third-order valence-corrected chi connectivity index (χ3v) is 3.43. The van der Waals surface area contributed by atoms with Gasteiger partial charge in [0.15, 0.2) is 0 Å². The average Bonchev–Trinajstić information content (AvgIpc) is 2.66. The summed E-state index contributed by atoms with van der Waals surface area (Å²) in [5.74, 6) is 0. The van der Waals surface area contributed by atoms with Crippen molar-refractivity contribution in [1.82, 2.24) is 15.6 Å². The van der Waals surface area contributed by atoms with Crippen molar-refractivity contribution >= 4 is 46.7 Å². The van der Waals surface area contributed by atoms with Crippen LogP contribution in [0.15, 0.2) is 54.6 Å². The summed E-state index contributed by atoms with van der Waals surface area (Å²) in [4.78, 5) is 33.6. The Balaban J connectivity index is 1.76. The van der Waals surface area contributed by atoms with Gasteiger partial charge >= 0.3 is 11.3 Å². The number of hydrazine groups is 2. The maximum Gasteiger partial charge on any atom is 0.345 e. The van der Waals surface area contributed by atoms with E-state index in [-0.39, 0.29) is 5.69 Å². The molecule has 0 heterocycles. The molecule has 0 atom stereocenters. The van der Waals surface area contributed by atoms with E-state index in [1.54, 1.807) is 36.4 Å². The molecule has 0 spiro atoms. The lowest BCUT2D eigenvalue weighted by atomic mass is 10.3. The normalized spacial score (nSPS) is 9.58. The molecular weight excluding hydrogens is 360 g/mol. The smallest absolute Gasteiger partial charge is 0.315 e. The fourth-order valence-electron chi connectivity index (χ4n) is 1.74. The quantitative estimate of drug-likeness (QED) is 0.258. The van der Waals surface area contributed by atoms with Gasteiger partial charge in [-0.25, -0.2) is 10.2 Å². The zero-order valence-electron chi connectivity index (χ0n) is 13.3. The molecule has 11 heteroatoms. The number of nitrogens with zero attached hydrogens (tertiary/aromatic N) is 1. The highest BCUT2D eigenvalue weighted by Gasteiger charge is 2.10. The Hall–Kier alpha value is -3.44. The first-order chi connectivity index (χ1) is 12.6. The van der Waals surface area contributed by atoms with Crippen molar-refractivity contribution in [3.63, 3.8) is 0 Å². The number of nitrogens with one attached hydrogen (secondary N) is 5. The lowest BCUT2D eigenvalue weighted by Gasteiger charge is -2.18. The van der Waals surface area contributed by atoms with Crippen molar-refractivity contribution in [2.75, 3.05) is 15.9 Å². The number of amides is 4. The Bertz CT molecular complexity index is 744. The van der Waals surface area contributed by atoms with Crippen molar-refractivity contribution in [3.8, 4) is 0 Å². The van der Waals surface area contributed by atoms with Crippen LogP contribution in [0.25, 0.3) is 0 Å². The third kappa shape index (κ3) is 6.22. The monoisotopic (exact) mass is 376 g/mol. The second-order valence-electron chi connectivity index (χ2n) is 4.67. The van der Waals surface area contributed by atoms with E-state index in [0.717, 1.165) is 0 Å². The van der Waals surface area contributed by atoms with Crippen LogP contribution in [-0.2, 0) is 4.79 Å². The average molecular weight is 376 g/mol. The highest BCUT2D eigenvalue weighted by Crippen LogP contribution is 2.15. The van der Waals surface area contributed by atoms with Gasteiger partial charge in [0.05, 0.1) is 23.3 Å². The number of urea groups is 1. The lowest BCUT2D eigenvalue weighted by Crippen LogP contribution is -2.44. The van der Waals surface area contributed by atoms with Crippen LogP contribution in [0.2, 0.25) is 0 Å². The van der Waals surface area contributed by atoms with Crippen molar-refractivity contribution in [2.24, 2.45) is 0 Å². The zero-order chi connectivity index (χ0) is 18.8. The highest BCUT2D eigenvalue weighted by atomic mass is 32.2. The number of carbonyl (C=O) groups is 3. The third-order valence-electron chi connectivity index (χ3n) is 2.85. The molecule has 6 N–H and O–H groups in total. The molecule has 0 fully saturated rings. The van der Waals surface area contributed by atoms with Crippen molar-refractivity contribution < 1.29 is 19.6 Å². The van der Waals surface area contributed by atoms with Crippen LogP contribution in [0.5, 0.6) is 0 Å². The number of para-hydroxylation sites is 1.